The number of aromatic nitrogens is 1. The minimum atomic E-state index is 0.0845. The van der Waals surface area contributed by atoms with Crippen molar-refractivity contribution in [3.8, 4) is 5.69 Å². The Kier molecular flexibility index (Phi) is 4.08. The maximum absolute atomic E-state index is 12.3. The number of nitrogens with zero attached hydrogens (tertiary/aromatic N) is 5. The van der Waals surface area contributed by atoms with Gasteiger partial charge in [0, 0.05) is 47.2 Å². The van der Waals surface area contributed by atoms with Crippen LogP contribution in [0.25, 0.3) is 16.1 Å². The monoisotopic (exact) mass is 309 g/mol. The molecule has 1 aromatic heterocycles. The van der Waals surface area contributed by atoms with Crippen molar-refractivity contribution in [3.63, 3.8) is 0 Å². The Hall–Kier alpha value is -2.72. The molecule has 0 aliphatic carbocycles. The van der Waals surface area contributed by atoms with E-state index in [1.54, 1.807) is 4.90 Å². The van der Waals surface area contributed by atoms with E-state index < -0.39 is 0 Å². The Balaban J connectivity index is 1.89. The SMILES string of the molecule is Cc1ccc(C)n1-c1cccc(N2CC(CN=[N+]=[N-])CC2=O)c1. The molecule has 0 radical (unpaired) electrons. The van der Waals surface area contributed by atoms with Gasteiger partial charge in [-0.15, -0.1) is 0 Å². The van der Waals surface area contributed by atoms with Gasteiger partial charge < -0.3 is 9.47 Å². The maximum atomic E-state index is 12.3. The molecule has 3 rings (SSSR count). The zero-order valence-corrected chi connectivity index (χ0v) is 13.3. The summed E-state index contributed by atoms with van der Waals surface area (Å²) < 4.78 is 2.17. The Labute approximate surface area is 135 Å². The van der Waals surface area contributed by atoms with E-state index in [1.165, 1.54) is 0 Å². The molecule has 0 N–H and O–H groups in total. The van der Waals surface area contributed by atoms with Gasteiger partial charge in [-0.1, -0.05) is 11.2 Å². The summed E-state index contributed by atoms with van der Waals surface area (Å²) in [5.41, 5.74) is 12.7. The van der Waals surface area contributed by atoms with Crippen LogP contribution in [-0.2, 0) is 4.79 Å². The van der Waals surface area contributed by atoms with Crippen molar-refractivity contribution in [2.45, 2.75) is 20.3 Å². The number of hydrogen-bond donors (Lipinski definition) is 0. The fraction of sp³-hybridized carbons (Fsp3) is 0.353. The first-order valence-electron chi connectivity index (χ1n) is 7.66. The second kappa shape index (κ2) is 6.18. The summed E-state index contributed by atoms with van der Waals surface area (Å²) in [6, 6.07) is 12.2. The van der Waals surface area contributed by atoms with Gasteiger partial charge in [-0.2, -0.15) is 0 Å². The second-order valence-electron chi connectivity index (χ2n) is 5.96. The highest BCUT2D eigenvalue weighted by Crippen LogP contribution is 2.28. The number of hydrogen-bond acceptors (Lipinski definition) is 2. The molecule has 0 saturated carbocycles. The van der Waals surface area contributed by atoms with E-state index in [2.05, 4.69) is 40.6 Å². The number of carbonyl (C=O) groups excluding carboxylic acids is 1. The summed E-state index contributed by atoms with van der Waals surface area (Å²) in [5, 5.41) is 3.60. The summed E-state index contributed by atoms with van der Waals surface area (Å²) in [6.45, 7) is 5.10. The molecule has 1 amide bonds. The first-order valence-corrected chi connectivity index (χ1v) is 7.66. The van der Waals surface area contributed by atoms with Gasteiger partial charge in [0.05, 0.1) is 0 Å². The van der Waals surface area contributed by atoms with Crippen LogP contribution in [0.2, 0.25) is 0 Å². The van der Waals surface area contributed by atoms with E-state index in [9.17, 15) is 4.79 Å². The van der Waals surface area contributed by atoms with Crippen LogP contribution < -0.4 is 4.90 Å². The van der Waals surface area contributed by atoms with Crippen LogP contribution in [0.3, 0.4) is 0 Å². The van der Waals surface area contributed by atoms with Gasteiger partial charge in [-0.05, 0) is 55.6 Å². The molecule has 1 fully saturated rings. The molecular formula is C17H19N5O. The third-order valence-corrected chi connectivity index (χ3v) is 4.28. The molecular weight excluding hydrogens is 290 g/mol. The fourth-order valence-corrected chi connectivity index (χ4v) is 3.18. The van der Waals surface area contributed by atoms with Gasteiger partial charge in [0.15, 0.2) is 0 Å². The van der Waals surface area contributed by atoms with E-state index >= 15 is 0 Å². The fourth-order valence-electron chi connectivity index (χ4n) is 3.18. The van der Waals surface area contributed by atoms with E-state index in [0.29, 0.717) is 19.5 Å². The van der Waals surface area contributed by atoms with Crippen molar-refractivity contribution in [2.75, 3.05) is 18.0 Å². The molecule has 6 heteroatoms. The van der Waals surface area contributed by atoms with Gasteiger partial charge in [0.1, 0.15) is 0 Å². The second-order valence-corrected chi connectivity index (χ2v) is 5.96. The standard InChI is InChI=1S/C17H19N5O/c1-12-6-7-13(2)22(12)16-5-3-4-15(9-16)21-11-14(8-17(21)23)10-19-20-18/h3-7,9,14H,8,10-11H2,1-2H3. The average molecular weight is 309 g/mol. The van der Waals surface area contributed by atoms with Crippen molar-refractivity contribution in [2.24, 2.45) is 11.0 Å². The zero-order valence-electron chi connectivity index (χ0n) is 13.3. The highest BCUT2D eigenvalue weighted by atomic mass is 16.2. The van der Waals surface area contributed by atoms with E-state index in [0.717, 1.165) is 22.8 Å². The van der Waals surface area contributed by atoms with Crippen molar-refractivity contribution in [3.05, 3.63) is 58.2 Å². The molecule has 1 aliphatic heterocycles. The molecule has 0 bridgehead atoms. The lowest BCUT2D eigenvalue weighted by Gasteiger charge is -2.18. The Bertz CT molecular complexity index is 769. The predicted octanol–water partition coefficient (Wildman–Crippen LogP) is 3.76. The number of carbonyl (C=O) groups is 1. The summed E-state index contributed by atoms with van der Waals surface area (Å²) in [5.74, 6) is 0.179. The number of benzene rings is 1. The highest BCUT2D eigenvalue weighted by Gasteiger charge is 2.30. The lowest BCUT2D eigenvalue weighted by molar-refractivity contribution is -0.117. The predicted molar refractivity (Wildman–Crippen MR) is 89.7 cm³/mol. The molecule has 2 aromatic rings. The molecule has 1 aromatic carbocycles. The Morgan fingerprint density at radius 2 is 1.91 bits per heavy atom. The van der Waals surface area contributed by atoms with Crippen molar-refractivity contribution in [1.29, 1.82) is 0 Å². The summed E-state index contributed by atoms with van der Waals surface area (Å²) in [6.07, 6.45) is 0.435. The molecule has 23 heavy (non-hydrogen) atoms. The van der Waals surface area contributed by atoms with Crippen LogP contribution in [-0.4, -0.2) is 23.6 Å². The molecule has 0 spiro atoms. The molecule has 1 atom stereocenters. The van der Waals surface area contributed by atoms with Crippen molar-refractivity contribution in [1.82, 2.24) is 4.57 Å². The van der Waals surface area contributed by atoms with Gasteiger partial charge in [-0.25, -0.2) is 0 Å². The minimum Gasteiger partial charge on any atom is -0.318 e. The molecule has 1 aliphatic rings. The smallest absolute Gasteiger partial charge is 0.227 e. The lowest BCUT2D eigenvalue weighted by Crippen LogP contribution is -2.24. The largest absolute Gasteiger partial charge is 0.318 e. The first-order chi connectivity index (χ1) is 11.1. The molecule has 1 unspecified atom stereocenters. The summed E-state index contributed by atoms with van der Waals surface area (Å²) in [7, 11) is 0. The number of anilines is 1. The molecule has 6 nitrogen and oxygen atoms in total. The summed E-state index contributed by atoms with van der Waals surface area (Å²) >= 11 is 0. The van der Waals surface area contributed by atoms with Gasteiger partial charge in [0.25, 0.3) is 0 Å². The van der Waals surface area contributed by atoms with Crippen molar-refractivity contribution < 1.29 is 4.79 Å². The maximum Gasteiger partial charge on any atom is 0.227 e. The number of aryl methyl sites for hydroxylation is 2. The first kappa shape index (κ1) is 15.2. The number of amides is 1. The number of rotatable bonds is 4. The van der Waals surface area contributed by atoms with Crippen LogP contribution in [0, 0.1) is 19.8 Å². The quantitative estimate of drug-likeness (QED) is 0.481. The van der Waals surface area contributed by atoms with Crippen LogP contribution in [0.5, 0.6) is 0 Å². The Morgan fingerprint density at radius 3 is 2.61 bits per heavy atom. The minimum absolute atomic E-state index is 0.0845. The van der Waals surface area contributed by atoms with Crippen molar-refractivity contribution >= 4 is 11.6 Å². The van der Waals surface area contributed by atoms with E-state index in [1.807, 2.05) is 24.3 Å². The van der Waals surface area contributed by atoms with Gasteiger partial charge in [-0.3, -0.25) is 4.79 Å². The normalized spacial score (nSPS) is 17.4. The molecule has 2 heterocycles. The third kappa shape index (κ3) is 2.94. The van der Waals surface area contributed by atoms with Crippen LogP contribution in [0.1, 0.15) is 17.8 Å². The van der Waals surface area contributed by atoms with Crippen LogP contribution in [0.4, 0.5) is 5.69 Å². The van der Waals surface area contributed by atoms with Crippen LogP contribution in [0.15, 0.2) is 41.5 Å². The highest BCUT2D eigenvalue weighted by molar-refractivity contribution is 5.96. The average Bonchev–Trinajstić information content (AvgIpc) is 3.08. The number of azide groups is 1. The van der Waals surface area contributed by atoms with E-state index in [-0.39, 0.29) is 11.8 Å². The lowest BCUT2D eigenvalue weighted by atomic mass is 10.1. The summed E-state index contributed by atoms with van der Waals surface area (Å²) in [4.78, 5) is 16.8. The zero-order chi connectivity index (χ0) is 16.4. The van der Waals surface area contributed by atoms with E-state index in [4.69, 9.17) is 5.53 Å². The topological polar surface area (TPSA) is 74.0 Å². The van der Waals surface area contributed by atoms with Gasteiger partial charge in [0.2, 0.25) is 5.91 Å². The Morgan fingerprint density at radius 1 is 1.22 bits per heavy atom. The van der Waals surface area contributed by atoms with Crippen LogP contribution >= 0.6 is 0 Å². The van der Waals surface area contributed by atoms with Gasteiger partial charge >= 0.3 is 0 Å². The molecule has 1 saturated heterocycles. The molecule has 118 valence electrons. The third-order valence-electron chi connectivity index (χ3n) is 4.28.